The van der Waals surface area contributed by atoms with E-state index in [1.54, 1.807) is 49.1 Å². The highest BCUT2D eigenvalue weighted by molar-refractivity contribution is 5.75. The van der Waals surface area contributed by atoms with Gasteiger partial charge in [-0.05, 0) is 12.1 Å². The minimum absolute atomic E-state index is 0.0974. The molecule has 1 aromatic carbocycles. The third-order valence-corrected chi connectivity index (χ3v) is 5.09. The van der Waals surface area contributed by atoms with Crippen LogP contribution in [0, 0.1) is 32.8 Å². The monoisotopic (exact) mass is 409 g/mol. The van der Waals surface area contributed by atoms with Gasteiger partial charge >= 0.3 is 5.66 Å². The fraction of sp³-hybridized carbons (Fsp3) is 0.450. The smallest absolute Gasteiger partial charge is 0.301 e. The van der Waals surface area contributed by atoms with Crippen LogP contribution in [0.3, 0.4) is 0 Å². The summed E-state index contributed by atoms with van der Waals surface area (Å²) in [6.07, 6.45) is 0.862. The maximum atomic E-state index is 12.2. The lowest BCUT2D eigenvalue weighted by molar-refractivity contribution is -0.589. The molecule has 0 spiro atoms. The summed E-state index contributed by atoms with van der Waals surface area (Å²) in [7, 11) is 0. The molecule has 3 atom stereocenters. The van der Waals surface area contributed by atoms with Crippen molar-refractivity contribution < 1.29 is 9.72 Å². The Morgan fingerprint density at radius 2 is 1.97 bits per heavy atom. The highest BCUT2D eigenvalue weighted by Gasteiger charge is 2.61. The molecule has 1 N–H and O–H groups in total. The summed E-state index contributed by atoms with van der Waals surface area (Å²) >= 11 is 0. The predicted octanol–water partition coefficient (Wildman–Crippen LogP) is 2.71. The van der Waals surface area contributed by atoms with E-state index < -0.39 is 28.1 Å². The van der Waals surface area contributed by atoms with Crippen LogP contribution in [-0.2, 0) is 4.79 Å². The molecule has 1 aliphatic rings. The van der Waals surface area contributed by atoms with Gasteiger partial charge in [0.05, 0.1) is 29.8 Å². The Kier molecular flexibility index (Phi) is 6.98. The first kappa shape index (κ1) is 22.7. The van der Waals surface area contributed by atoms with Crippen molar-refractivity contribution in [1.82, 2.24) is 10.2 Å². The largest absolute Gasteiger partial charge is 0.336 e. The van der Waals surface area contributed by atoms with Gasteiger partial charge in [-0.2, -0.15) is 20.8 Å². The summed E-state index contributed by atoms with van der Waals surface area (Å²) in [4.78, 5) is 25.2. The first-order chi connectivity index (χ1) is 14.3. The Balaban J connectivity index is 2.73. The van der Waals surface area contributed by atoms with E-state index in [1.165, 1.54) is 13.0 Å². The zero-order chi connectivity index (χ0) is 22.4. The van der Waals surface area contributed by atoms with E-state index in [9.17, 15) is 25.4 Å². The van der Waals surface area contributed by atoms with Crippen molar-refractivity contribution >= 4 is 11.6 Å². The van der Waals surface area contributed by atoms with Gasteiger partial charge in [0.25, 0.3) is 0 Å². The Hall–Kier alpha value is -3.63. The lowest BCUT2D eigenvalue weighted by atomic mass is 9.73. The minimum Gasteiger partial charge on any atom is -0.336 e. The van der Waals surface area contributed by atoms with Crippen LogP contribution in [0.25, 0.3) is 0 Å². The predicted molar refractivity (Wildman–Crippen MR) is 108 cm³/mol. The number of rotatable bonds is 7. The van der Waals surface area contributed by atoms with Gasteiger partial charge in [-0.3, -0.25) is 14.9 Å². The maximum Gasteiger partial charge on any atom is 0.301 e. The average Bonchev–Trinajstić information content (AvgIpc) is 2.73. The number of azo groups is 1. The number of nitro groups is 1. The zero-order valence-electron chi connectivity index (χ0n) is 17.1. The Morgan fingerprint density at radius 3 is 2.43 bits per heavy atom. The van der Waals surface area contributed by atoms with E-state index in [0.29, 0.717) is 18.8 Å². The van der Waals surface area contributed by atoms with Gasteiger partial charge in [0, 0.05) is 31.0 Å². The van der Waals surface area contributed by atoms with Crippen LogP contribution >= 0.6 is 0 Å². The normalized spacial score (nSPS) is 25.9. The van der Waals surface area contributed by atoms with Crippen molar-refractivity contribution in [2.24, 2.45) is 10.2 Å². The second kappa shape index (κ2) is 9.25. The number of carbonyl (C=O) groups is 1. The number of carbonyl (C=O) groups excluding carboxylic acids is 1. The second-order valence-electron chi connectivity index (χ2n) is 6.91. The molecule has 0 fully saturated rings. The standard InChI is InChI=1S/C20H23N7O3/c1-4-26(5-2)20(27(29)30)11-16(12-21)18(19(13-20,14-22)23-15(3)28)25-24-17-9-7-6-8-10-17/h6-11,18H,4-5,13H2,1-3H3,(H,23,28)/b25-24+. The summed E-state index contributed by atoms with van der Waals surface area (Å²) in [6, 6.07) is 11.4. The number of hydrogen-bond donors (Lipinski definition) is 1. The lowest BCUT2D eigenvalue weighted by Gasteiger charge is -2.43. The number of hydrogen-bond acceptors (Lipinski definition) is 8. The lowest BCUT2D eigenvalue weighted by Crippen LogP contribution is -2.67. The van der Waals surface area contributed by atoms with Gasteiger partial charge in [0.2, 0.25) is 5.91 Å². The SMILES string of the molecule is CCN(CC)C1([N+](=O)[O-])C=C(C#N)C(/N=N/c2ccccc2)C(C#N)(NC(C)=O)C1. The van der Waals surface area contributed by atoms with Crippen LogP contribution < -0.4 is 5.32 Å². The van der Waals surface area contributed by atoms with Crippen molar-refractivity contribution in [3.63, 3.8) is 0 Å². The Morgan fingerprint density at radius 1 is 1.33 bits per heavy atom. The quantitative estimate of drug-likeness (QED) is 0.317. The molecule has 3 unspecified atom stereocenters. The zero-order valence-corrected chi connectivity index (χ0v) is 17.1. The average molecular weight is 409 g/mol. The van der Waals surface area contributed by atoms with Crippen LogP contribution in [-0.4, -0.2) is 46.1 Å². The van der Waals surface area contributed by atoms with Gasteiger partial charge in [0.1, 0.15) is 6.04 Å². The number of nitrogens with one attached hydrogen (secondary N) is 1. The molecule has 1 amide bonds. The fourth-order valence-electron chi connectivity index (χ4n) is 3.79. The first-order valence-electron chi connectivity index (χ1n) is 9.46. The molecule has 1 aromatic rings. The molecular formula is C20H23N7O3. The van der Waals surface area contributed by atoms with Crippen LogP contribution in [0.1, 0.15) is 27.2 Å². The Bertz CT molecular complexity index is 943. The number of benzene rings is 1. The van der Waals surface area contributed by atoms with Gasteiger partial charge in [0.15, 0.2) is 5.54 Å². The molecular weight excluding hydrogens is 386 g/mol. The van der Waals surface area contributed by atoms with E-state index in [4.69, 9.17) is 0 Å². The van der Waals surface area contributed by atoms with Gasteiger partial charge in [-0.15, -0.1) is 0 Å². The molecule has 0 aliphatic heterocycles. The molecule has 0 saturated heterocycles. The molecule has 0 heterocycles. The number of amides is 1. The van der Waals surface area contributed by atoms with Crippen molar-refractivity contribution in [3.8, 4) is 12.1 Å². The van der Waals surface area contributed by atoms with E-state index in [1.807, 2.05) is 12.1 Å². The number of likely N-dealkylation sites (N-methyl/N-ethyl adjacent to an activating group) is 1. The third kappa shape index (κ3) is 4.19. The van der Waals surface area contributed by atoms with Crippen molar-refractivity contribution in [1.29, 1.82) is 10.5 Å². The maximum absolute atomic E-state index is 12.2. The topological polar surface area (TPSA) is 148 Å². The number of nitriles is 2. The first-order valence-corrected chi connectivity index (χ1v) is 9.46. The van der Waals surface area contributed by atoms with E-state index in [0.717, 1.165) is 0 Å². The molecule has 10 nitrogen and oxygen atoms in total. The molecule has 0 saturated carbocycles. The van der Waals surface area contributed by atoms with Crippen molar-refractivity contribution in [2.45, 2.75) is 44.4 Å². The molecule has 0 aromatic heterocycles. The fourth-order valence-corrected chi connectivity index (χ4v) is 3.79. The molecule has 10 heteroatoms. The van der Waals surface area contributed by atoms with Crippen LogP contribution in [0.15, 0.2) is 52.2 Å². The molecule has 2 rings (SSSR count). The third-order valence-electron chi connectivity index (χ3n) is 5.09. The van der Waals surface area contributed by atoms with Gasteiger partial charge in [-0.1, -0.05) is 32.0 Å². The summed E-state index contributed by atoms with van der Waals surface area (Å²) in [5, 5.41) is 42.9. The van der Waals surface area contributed by atoms with Crippen LogP contribution in [0.2, 0.25) is 0 Å². The molecule has 156 valence electrons. The minimum atomic E-state index is -1.84. The second-order valence-corrected chi connectivity index (χ2v) is 6.91. The van der Waals surface area contributed by atoms with Crippen molar-refractivity contribution in [2.75, 3.05) is 13.1 Å². The van der Waals surface area contributed by atoms with E-state index >= 15 is 0 Å². The summed E-state index contributed by atoms with van der Waals surface area (Å²) in [6.45, 7) is 5.33. The highest BCUT2D eigenvalue weighted by Crippen LogP contribution is 2.40. The van der Waals surface area contributed by atoms with E-state index in [2.05, 4.69) is 15.5 Å². The highest BCUT2D eigenvalue weighted by atomic mass is 16.6. The Labute approximate surface area is 174 Å². The van der Waals surface area contributed by atoms with Crippen LogP contribution in [0.4, 0.5) is 5.69 Å². The van der Waals surface area contributed by atoms with Gasteiger partial charge in [-0.25, -0.2) is 4.90 Å². The molecule has 1 aliphatic carbocycles. The summed E-state index contributed by atoms with van der Waals surface area (Å²) < 4.78 is 0. The molecule has 30 heavy (non-hydrogen) atoms. The summed E-state index contributed by atoms with van der Waals surface area (Å²) in [5.41, 5.74) is -3.27. The van der Waals surface area contributed by atoms with Crippen LogP contribution in [0.5, 0.6) is 0 Å². The van der Waals surface area contributed by atoms with Crippen molar-refractivity contribution in [3.05, 3.63) is 52.1 Å². The molecule has 0 bridgehead atoms. The molecule has 0 radical (unpaired) electrons. The van der Waals surface area contributed by atoms with Gasteiger partial charge < -0.3 is 5.32 Å². The number of nitrogens with zero attached hydrogens (tertiary/aromatic N) is 6. The van der Waals surface area contributed by atoms with E-state index in [-0.39, 0.29) is 12.0 Å². The summed E-state index contributed by atoms with van der Waals surface area (Å²) in [5.74, 6) is -0.563.